The zero-order chi connectivity index (χ0) is 16.4. The molecule has 0 aromatic heterocycles. The first kappa shape index (κ1) is 18.3. The van der Waals surface area contributed by atoms with Gasteiger partial charge in [-0.25, -0.2) is 0 Å². The fourth-order valence-corrected chi connectivity index (χ4v) is 1.89. The molecule has 6 heteroatoms. The molecule has 0 aliphatic rings. The highest BCUT2D eigenvalue weighted by atomic mass is 16.5. The number of nitrogens with two attached hydrogens (primary N) is 1. The van der Waals surface area contributed by atoms with Crippen LogP contribution in [0, 0.1) is 0 Å². The number of carbonyl (C=O) groups excluding carboxylic acids is 1. The number of benzene rings is 1. The molecule has 4 N–H and O–H groups in total. The Morgan fingerprint density at radius 2 is 2.14 bits per heavy atom. The minimum Gasteiger partial charge on any atom is -0.489 e. The molecule has 0 atom stereocenters. The van der Waals surface area contributed by atoms with Gasteiger partial charge in [0.1, 0.15) is 5.75 Å². The maximum absolute atomic E-state index is 11.7. The monoisotopic (exact) mass is 310 g/mol. The van der Waals surface area contributed by atoms with Gasteiger partial charge in [-0.15, -0.1) is 0 Å². The Labute approximate surface area is 131 Å². The molecule has 6 nitrogen and oxygen atoms in total. The van der Waals surface area contributed by atoms with Crippen LogP contribution in [0.15, 0.2) is 18.2 Å². The van der Waals surface area contributed by atoms with Crippen molar-refractivity contribution in [3.8, 4) is 5.75 Å². The van der Waals surface area contributed by atoms with E-state index in [1.54, 1.807) is 0 Å². The van der Waals surface area contributed by atoms with E-state index < -0.39 is 0 Å². The second-order valence-corrected chi connectivity index (χ2v) is 5.22. The molecule has 0 radical (unpaired) electrons. The van der Waals surface area contributed by atoms with Crippen molar-refractivity contribution < 1.29 is 19.4 Å². The van der Waals surface area contributed by atoms with E-state index in [0.717, 1.165) is 5.56 Å². The van der Waals surface area contributed by atoms with Gasteiger partial charge in [0.05, 0.1) is 31.6 Å². The summed E-state index contributed by atoms with van der Waals surface area (Å²) < 4.78 is 10.6. The predicted molar refractivity (Wildman–Crippen MR) is 85.9 cm³/mol. The fourth-order valence-electron chi connectivity index (χ4n) is 1.89. The number of anilines is 1. The van der Waals surface area contributed by atoms with Gasteiger partial charge in [-0.2, -0.15) is 0 Å². The Bertz CT molecular complexity index is 463. The predicted octanol–water partition coefficient (Wildman–Crippen LogP) is 1.11. The molecule has 1 amide bonds. The van der Waals surface area contributed by atoms with Gasteiger partial charge >= 0.3 is 0 Å². The van der Waals surface area contributed by atoms with E-state index in [-0.39, 0.29) is 18.6 Å². The number of hydrogen-bond acceptors (Lipinski definition) is 5. The average Bonchev–Trinajstić information content (AvgIpc) is 2.47. The van der Waals surface area contributed by atoms with Gasteiger partial charge in [-0.05, 0) is 38.0 Å². The van der Waals surface area contributed by atoms with Crippen LogP contribution in [0.1, 0.15) is 25.8 Å². The molecule has 0 fully saturated rings. The van der Waals surface area contributed by atoms with Crippen molar-refractivity contribution in [2.24, 2.45) is 0 Å². The standard InChI is InChI=1S/C16H26N2O4/c1-12(2)22-15-5-3-13(11-14(15)17)4-6-16(20)18-7-9-21-10-8-19/h3,5,11-12,19H,4,6-10,17H2,1-2H3,(H,18,20). The number of nitrogen functional groups attached to an aromatic ring is 1. The van der Waals surface area contributed by atoms with Crippen LogP contribution < -0.4 is 15.8 Å². The molecule has 0 saturated heterocycles. The molecular formula is C16H26N2O4. The summed E-state index contributed by atoms with van der Waals surface area (Å²) in [6.07, 6.45) is 1.09. The Morgan fingerprint density at radius 1 is 1.36 bits per heavy atom. The highest BCUT2D eigenvalue weighted by Gasteiger charge is 2.06. The quantitative estimate of drug-likeness (QED) is 0.445. The van der Waals surface area contributed by atoms with Crippen molar-refractivity contribution in [1.29, 1.82) is 0 Å². The number of ether oxygens (including phenoxy) is 2. The Morgan fingerprint density at radius 3 is 2.77 bits per heavy atom. The lowest BCUT2D eigenvalue weighted by molar-refractivity contribution is -0.121. The Balaban J connectivity index is 2.32. The van der Waals surface area contributed by atoms with Gasteiger partial charge in [-0.1, -0.05) is 6.07 Å². The molecule has 0 spiro atoms. The van der Waals surface area contributed by atoms with Crippen molar-refractivity contribution >= 4 is 11.6 Å². The van der Waals surface area contributed by atoms with Gasteiger partial charge in [0.2, 0.25) is 5.91 Å². The second kappa shape index (κ2) is 10.0. The molecule has 124 valence electrons. The van der Waals surface area contributed by atoms with Crippen LogP contribution in [0.3, 0.4) is 0 Å². The topological polar surface area (TPSA) is 93.8 Å². The first-order valence-corrected chi connectivity index (χ1v) is 7.53. The molecule has 22 heavy (non-hydrogen) atoms. The van der Waals surface area contributed by atoms with Crippen molar-refractivity contribution in [1.82, 2.24) is 5.32 Å². The summed E-state index contributed by atoms with van der Waals surface area (Å²) in [6.45, 7) is 5.03. The SMILES string of the molecule is CC(C)Oc1ccc(CCC(=O)NCCOCCO)cc1N. The van der Waals surface area contributed by atoms with Gasteiger partial charge in [0, 0.05) is 13.0 Å². The molecule has 0 aliphatic carbocycles. The Kier molecular flexibility index (Phi) is 8.32. The van der Waals surface area contributed by atoms with Crippen LogP contribution in [0.5, 0.6) is 5.75 Å². The number of carbonyl (C=O) groups is 1. The number of rotatable bonds is 10. The van der Waals surface area contributed by atoms with Gasteiger partial charge in [-0.3, -0.25) is 4.79 Å². The van der Waals surface area contributed by atoms with Crippen molar-refractivity contribution in [3.63, 3.8) is 0 Å². The minimum atomic E-state index is -0.0336. The summed E-state index contributed by atoms with van der Waals surface area (Å²) in [6, 6.07) is 5.60. The number of aryl methyl sites for hydroxylation is 1. The fraction of sp³-hybridized carbons (Fsp3) is 0.562. The largest absolute Gasteiger partial charge is 0.489 e. The third-order valence-corrected chi connectivity index (χ3v) is 2.88. The maximum Gasteiger partial charge on any atom is 0.220 e. The lowest BCUT2D eigenvalue weighted by atomic mass is 10.1. The molecule has 0 aliphatic heterocycles. The van der Waals surface area contributed by atoms with Gasteiger partial charge in [0.15, 0.2) is 0 Å². The smallest absolute Gasteiger partial charge is 0.220 e. The van der Waals surface area contributed by atoms with E-state index in [1.165, 1.54) is 0 Å². The van der Waals surface area contributed by atoms with Crippen LogP contribution in [0.2, 0.25) is 0 Å². The van der Waals surface area contributed by atoms with Gasteiger partial charge in [0.25, 0.3) is 0 Å². The summed E-state index contributed by atoms with van der Waals surface area (Å²) in [5.41, 5.74) is 7.53. The molecule has 0 unspecified atom stereocenters. The summed E-state index contributed by atoms with van der Waals surface area (Å²) in [4.78, 5) is 11.7. The van der Waals surface area contributed by atoms with E-state index in [1.807, 2.05) is 32.0 Å². The summed E-state index contributed by atoms with van der Waals surface area (Å²) in [5, 5.41) is 11.3. The molecule has 0 heterocycles. The number of hydrogen-bond donors (Lipinski definition) is 3. The average molecular weight is 310 g/mol. The van der Waals surface area contributed by atoms with E-state index in [4.69, 9.17) is 20.3 Å². The van der Waals surface area contributed by atoms with E-state index in [0.29, 0.717) is 44.0 Å². The lowest BCUT2D eigenvalue weighted by Gasteiger charge is -2.13. The third kappa shape index (κ3) is 7.28. The molecule has 0 bridgehead atoms. The molecular weight excluding hydrogens is 284 g/mol. The normalized spacial score (nSPS) is 10.7. The summed E-state index contributed by atoms with van der Waals surface area (Å²) in [5.74, 6) is 0.637. The highest BCUT2D eigenvalue weighted by molar-refractivity contribution is 5.76. The summed E-state index contributed by atoms with van der Waals surface area (Å²) in [7, 11) is 0. The second-order valence-electron chi connectivity index (χ2n) is 5.22. The zero-order valence-electron chi connectivity index (χ0n) is 13.3. The molecule has 1 aromatic carbocycles. The zero-order valence-corrected chi connectivity index (χ0v) is 13.3. The van der Waals surface area contributed by atoms with E-state index in [2.05, 4.69) is 5.32 Å². The van der Waals surface area contributed by atoms with Crippen molar-refractivity contribution in [2.75, 3.05) is 32.1 Å². The van der Waals surface area contributed by atoms with Crippen molar-refractivity contribution in [2.45, 2.75) is 32.8 Å². The lowest BCUT2D eigenvalue weighted by Crippen LogP contribution is -2.27. The van der Waals surface area contributed by atoms with Crippen LogP contribution in [-0.2, 0) is 16.0 Å². The number of aliphatic hydroxyl groups excluding tert-OH is 1. The van der Waals surface area contributed by atoms with Crippen LogP contribution in [0.4, 0.5) is 5.69 Å². The number of nitrogens with one attached hydrogen (secondary N) is 1. The van der Waals surface area contributed by atoms with E-state index in [9.17, 15) is 4.79 Å². The Hall–Kier alpha value is -1.79. The van der Waals surface area contributed by atoms with Gasteiger partial charge < -0.3 is 25.6 Å². The van der Waals surface area contributed by atoms with Crippen LogP contribution in [-0.4, -0.2) is 43.5 Å². The maximum atomic E-state index is 11.7. The first-order chi connectivity index (χ1) is 10.5. The van der Waals surface area contributed by atoms with Crippen molar-refractivity contribution in [3.05, 3.63) is 23.8 Å². The van der Waals surface area contributed by atoms with Crippen LogP contribution >= 0.6 is 0 Å². The summed E-state index contributed by atoms with van der Waals surface area (Å²) >= 11 is 0. The number of amides is 1. The van der Waals surface area contributed by atoms with E-state index >= 15 is 0 Å². The third-order valence-electron chi connectivity index (χ3n) is 2.88. The molecule has 0 saturated carbocycles. The van der Waals surface area contributed by atoms with Crippen LogP contribution in [0.25, 0.3) is 0 Å². The minimum absolute atomic E-state index is 0.00805. The molecule has 1 rings (SSSR count). The molecule has 1 aromatic rings. The number of aliphatic hydroxyl groups is 1. The first-order valence-electron chi connectivity index (χ1n) is 7.53. The highest BCUT2D eigenvalue weighted by Crippen LogP contribution is 2.24.